The second-order valence-electron chi connectivity index (χ2n) is 6.39. The second-order valence-corrected chi connectivity index (χ2v) is 6.39. The van der Waals surface area contributed by atoms with Crippen LogP contribution in [0.15, 0.2) is 0 Å². The Labute approximate surface area is 115 Å². The lowest BCUT2D eigenvalue weighted by Gasteiger charge is -2.40. The Bertz CT molecular complexity index is 348. The maximum absolute atomic E-state index is 12.3. The van der Waals surface area contributed by atoms with Crippen LogP contribution in [0.3, 0.4) is 0 Å². The SMILES string of the molecule is CC1NC(=O)C(C(C)C)N(CCC2CCCC2)C1=O. The molecule has 2 aliphatic rings. The molecule has 2 unspecified atom stereocenters. The van der Waals surface area contributed by atoms with Gasteiger partial charge in [0.05, 0.1) is 0 Å². The number of rotatable bonds is 4. The van der Waals surface area contributed by atoms with Crippen molar-refractivity contribution < 1.29 is 9.59 Å². The largest absolute Gasteiger partial charge is 0.343 e. The highest BCUT2D eigenvalue weighted by molar-refractivity contribution is 5.96. The lowest BCUT2D eigenvalue weighted by atomic mass is 9.95. The van der Waals surface area contributed by atoms with Gasteiger partial charge < -0.3 is 10.2 Å². The average molecular weight is 266 g/mol. The third-order valence-corrected chi connectivity index (χ3v) is 4.50. The van der Waals surface area contributed by atoms with Gasteiger partial charge >= 0.3 is 0 Å². The van der Waals surface area contributed by atoms with E-state index in [9.17, 15) is 9.59 Å². The van der Waals surface area contributed by atoms with Crippen molar-refractivity contribution in [2.75, 3.05) is 6.54 Å². The molecule has 108 valence electrons. The van der Waals surface area contributed by atoms with E-state index in [2.05, 4.69) is 5.32 Å². The van der Waals surface area contributed by atoms with E-state index in [0.717, 1.165) is 18.9 Å². The average Bonchev–Trinajstić information content (AvgIpc) is 2.84. The predicted molar refractivity (Wildman–Crippen MR) is 74.5 cm³/mol. The second kappa shape index (κ2) is 5.93. The summed E-state index contributed by atoms with van der Waals surface area (Å²) in [6.07, 6.45) is 6.27. The zero-order valence-electron chi connectivity index (χ0n) is 12.3. The third kappa shape index (κ3) is 3.10. The summed E-state index contributed by atoms with van der Waals surface area (Å²) < 4.78 is 0. The van der Waals surface area contributed by atoms with E-state index in [-0.39, 0.29) is 29.8 Å². The Morgan fingerprint density at radius 3 is 2.47 bits per heavy atom. The van der Waals surface area contributed by atoms with Crippen LogP contribution in [0, 0.1) is 11.8 Å². The molecule has 0 aromatic heterocycles. The number of carbonyl (C=O) groups is 2. The van der Waals surface area contributed by atoms with Crippen molar-refractivity contribution in [1.29, 1.82) is 0 Å². The molecule has 0 radical (unpaired) electrons. The zero-order chi connectivity index (χ0) is 14.0. The summed E-state index contributed by atoms with van der Waals surface area (Å²) in [7, 11) is 0. The monoisotopic (exact) mass is 266 g/mol. The van der Waals surface area contributed by atoms with E-state index >= 15 is 0 Å². The van der Waals surface area contributed by atoms with Crippen molar-refractivity contribution in [2.45, 2.75) is 65.0 Å². The number of hydrogen-bond donors (Lipinski definition) is 1. The van der Waals surface area contributed by atoms with Crippen LogP contribution >= 0.6 is 0 Å². The van der Waals surface area contributed by atoms with Gasteiger partial charge in [-0.05, 0) is 25.2 Å². The van der Waals surface area contributed by atoms with Gasteiger partial charge in [-0.15, -0.1) is 0 Å². The van der Waals surface area contributed by atoms with Crippen molar-refractivity contribution in [1.82, 2.24) is 10.2 Å². The van der Waals surface area contributed by atoms with Gasteiger partial charge in [-0.1, -0.05) is 39.5 Å². The minimum Gasteiger partial charge on any atom is -0.343 e. The minimum absolute atomic E-state index is 0.00789. The number of carbonyl (C=O) groups excluding carboxylic acids is 2. The maximum Gasteiger partial charge on any atom is 0.245 e. The molecule has 1 aliphatic carbocycles. The normalized spacial score (nSPS) is 29.2. The van der Waals surface area contributed by atoms with Crippen LogP contribution in [0.4, 0.5) is 0 Å². The first-order valence-corrected chi connectivity index (χ1v) is 7.61. The molecule has 1 N–H and O–H groups in total. The Morgan fingerprint density at radius 2 is 1.89 bits per heavy atom. The Morgan fingerprint density at radius 1 is 1.26 bits per heavy atom. The summed E-state index contributed by atoms with van der Waals surface area (Å²) in [5.74, 6) is 1.01. The highest BCUT2D eigenvalue weighted by Gasteiger charge is 2.40. The Kier molecular flexibility index (Phi) is 4.48. The summed E-state index contributed by atoms with van der Waals surface area (Å²) >= 11 is 0. The van der Waals surface area contributed by atoms with Crippen molar-refractivity contribution in [3.05, 3.63) is 0 Å². The zero-order valence-corrected chi connectivity index (χ0v) is 12.3. The molecule has 0 bridgehead atoms. The van der Waals surface area contributed by atoms with Crippen LogP contribution < -0.4 is 5.32 Å². The van der Waals surface area contributed by atoms with Crippen molar-refractivity contribution in [3.8, 4) is 0 Å². The van der Waals surface area contributed by atoms with E-state index in [1.165, 1.54) is 25.7 Å². The van der Waals surface area contributed by atoms with Crippen LogP contribution in [0.25, 0.3) is 0 Å². The fraction of sp³-hybridized carbons (Fsp3) is 0.867. The fourth-order valence-electron chi connectivity index (χ4n) is 3.42. The molecular weight excluding hydrogens is 240 g/mol. The fourth-order valence-corrected chi connectivity index (χ4v) is 3.42. The van der Waals surface area contributed by atoms with Gasteiger partial charge in [0.1, 0.15) is 12.1 Å². The molecule has 0 aromatic rings. The molecule has 2 fully saturated rings. The minimum atomic E-state index is -0.369. The standard InChI is InChI=1S/C15H26N2O2/c1-10(2)13-14(18)16-11(3)15(19)17(13)9-8-12-6-4-5-7-12/h10-13H,4-9H2,1-3H3,(H,16,18). The van der Waals surface area contributed by atoms with Gasteiger partial charge in [0.25, 0.3) is 0 Å². The van der Waals surface area contributed by atoms with Crippen LogP contribution in [0.5, 0.6) is 0 Å². The lowest BCUT2D eigenvalue weighted by molar-refractivity contribution is -0.150. The van der Waals surface area contributed by atoms with Crippen LogP contribution in [-0.2, 0) is 9.59 Å². The molecule has 1 saturated carbocycles. The van der Waals surface area contributed by atoms with Crippen LogP contribution in [0.1, 0.15) is 52.9 Å². The van der Waals surface area contributed by atoms with E-state index in [0.29, 0.717) is 0 Å². The van der Waals surface area contributed by atoms with E-state index < -0.39 is 0 Å². The van der Waals surface area contributed by atoms with Crippen molar-refractivity contribution >= 4 is 11.8 Å². The highest BCUT2D eigenvalue weighted by Crippen LogP contribution is 2.28. The maximum atomic E-state index is 12.3. The number of amides is 2. The lowest BCUT2D eigenvalue weighted by Crippen LogP contribution is -2.64. The number of piperazine rings is 1. The van der Waals surface area contributed by atoms with E-state index in [1.807, 2.05) is 18.7 Å². The molecule has 1 saturated heterocycles. The molecule has 19 heavy (non-hydrogen) atoms. The number of nitrogens with zero attached hydrogens (tertiary/aromatic N) is 1. The first-order valence-electron chi connectivity index (χ1n) is 7.61. The quantitative estimate of drug-likeness (QED) is 0.845. The topological polar surface area (TPSA) is 49.4 Å². The first-order chi connectivity index (χ1) is 9.00. The molecule has 4 heteroatoms. The van der Waals surface area contributed by atoms with Gasteiger partial charge in [-0.2, -0.15) is 0 Å². The summed E-state index contributed by atoms with van der Waals surface area (Å²) in [4.78, 5) is 26.2. The number of hydrogen-bond acceptors (Lipinski definition) is 2. The molecular formula is C15H26N2O2. The smallest absolute Gasteiger partial charge is 0.245 e. The summed E-state index contributed by atoms with van der Waals surface area (Å²) in [6.45, 7) is 6.54. The summed E-state index contributed by atoms with van der Waals surface area (Å²) in [6, 6.07) is -0.656. The molecule has 4 nitrogen and oxygen atoms in total. The first kappa shape index (κ1) is 14.4. The molecule has 2 amide bonds. The number of nitrogens with one attached hydrogen (secondary N) is 1. The molecule has 0 spiro atoms. The van der Waals surface area contributed by atoms with Crippen LogP contribution in [0.2, 0.25) is 0 Å². The van der Waals surface area contributed by atoms with Crippen molar-refractivity contribution in [2.24, 2.45) is 11.8 Å². The molecule has 2 rings (SSSR count). The Balaban J connectivity index is 2.02. The van der Waals surface area contributed by atoms with Crippen LogP contribution in [-0.4, -0.2) is 35.3 Å². The summed E-state index contributed by atoms with van der Waals surface area (Å²) in [5.41, 5.74) is 0. The van der Waals surface area contributed by atoms with Gasteiger partial charge in [0, 0.05) is 6.54 Å². The van der Waals surface area contributed by atoms with Gasteiger partial charge in [-0.3, -0.25) is 9.59 Å². The highest BCUT2D eigenvalue weighted by atomic mass is 16.2. The van der Waals surface area contributed by atoms with Gasteiger partial charge in [0.15, 0.2) is 0 Å². The molecule has 1 aliphatic heterocycles. The molecule has 0 aromatic carbocycles. The summed E-state index contributed by atoms with van der Waals surface area (Å²) in [5, 5.41) is 2.79. The van der Waals surface area contributed by atoms with Gasteiger partial charge in [-0.25, -0.2) is 0 Å². The van der Waals surface area contributed by atoms with Gasteiger partial charge in [0.2, 0.25) is 11.8 Å². The Hall–Kier alpha value is -1.06. The predicted octanol–water partition coefficient (Wildman–Crippen LogP) is 1.94. The molecule has 2 atom stereocenters. The molecule has 1 heterocycles. The third-order valence-electron chi connectivity index (χ3n) is 4.50. The van der Waals surface area contributed by atoms with E-state index in [4.69, 9.17) is 0 Å². The van der Waals surface area contributed by atoms with E-state index in [1.54, 1.807) is 6.92 Å². The van der Waals surface area contributed by atoms with Crippen molar-refractivity contribution in [3.63, 3.8) is 0 Å².